The van der Waals surface area contributed by atoms with Crippen LogP contribution in [-0.4, -0.2) is 11.9 Å². The van der Waals surface area contributed by atoms with E-state index in [0.717, 1.165) is 6.42 Å². The molecule has 3 heteroatoms. The molecular formula is C14H20N2O. The molecule has 1 aliphatic rings. The minimum atomic E-state index is -0.0256. The van der Waals surface area contributed by atoms with Crippen LogP contribution < -0.4 is 10.9 Å². The van der Waals surface area contributed by atoms with Gasteiger partial charge in [0.25, 0.3) is 0 Å². The van der Waals surface area contributed by atoms with Crippen molar-refractivity contribution in [1.82, 2.24) is 10.9 Å². The molecule has 0 saturated heterocycles. The highest BCUT2D eigenvalue weighted by molar-refractivity contribution is 5.72. The molecule has 2 N–H and O–H groups in total. The van der Waals surface area contributed by atoms with Gasteiger partial charge >= 0.3 is 0 Å². The highest BCUT2D eigenvalue weighted by Gasteiger charge is 2.26. The summed E-state index contributed by atoms with van der Waals surface area (Å²) in [6, 6.07) is 10.9. The Kier molecular flexibility index (Phi) is 4.15. The van der Waals surface area contributed by atoms with E-state index in [1.54, 1.807) is 0 Å². The zero-order valence-electron chi connectivity index (χ0n) is 10.3. The minimum Gasteiger partial charge on any atom is -0.292 e. The number of hydrazine groups is 1. The van der Waals surface area contributed by atoms with E-state index in [0.29, 0.717) is 12.0 Å². The predicted octanol–water partition coefficient (Wildman–Crippen LogP) is 2.35. The average molecular weight is 232 g/mol. The highest BCUT2D eigenvalue weighted by atomic mass is 16.2. The molecule has 2 rings (SSSR count). The zero-order chi connectivity index (χ0) is 12.1. The molecule has 0 heterocycles. The molecule has 1 aromatic carbocycles. The minimum absolute atomic E-state index is 0.0256. The van der Waals surface area contributed by atoms with Crippen LogP contribution in [0.3, 0.4) is 0 Å². The largest absolute Gasteiger partial charge is 0.292 e. The average Bonchev–Trinajstić information content (AvgIpc) is 2.38. The second-order valence-electron chi connectivity index (χ2n) is 4.73. The molecule has 0 spiro atoms. The molecule has 0 unspecified atom stereocenters. The number of nitrogens with one attached hydrogen (secondary N) is 2. The van der Waals surface area contributed by atoms with Gasteiger partial charge in [0.1, 0.15) is 0 Å². The van der Waals surface area contributed by atoms with Crippen LogP contribution in [0.25, 0.3) is 0 Å². The number of hydrogen-bond acceptors (Lipinski definition) is 2. The SMILES string of the molecule is CC(=O)NN[C@@H]1CCCC[C@H]1c1ccccc1. The molecule has 1 aromatic rings. The van der Waals surface area contributed by atoms with Gasteiger partial charge < -0.3 is 0 Å². The number of carbonyl (C=O) groups excluding carboxylic acids is 1. The summed E-state index contributed by atoms with van der Waals surface area (Å²) in [5.74, 6) is 0.485. The fraction of sp³-hybridized carbons (Fsp3) is 0.500. The lowest BCUT2D eigenvalue weighted by Crippen LogP contribution is -2.47. The molecule has 2 atom stereocenters. The van der Waals surface area contributed by atoms with Crippen LogP contribution in [0.1, 0.15) is 44.1 Å². The summed E-state index contributed by atoms with van der Waals surface area (Å²) >= 11 is 0. The van der Waals surface area contributed by atoms with E-state index in [-0.39, 0.29) is 5.91 Å². The molecule has 1 amide bonds. The molecular weight excluding hydrogens is 212 g/mol. The zero-order valence-corrected chi connectivity index (χ0v) is 10.3. The monoisotopic (exact) mass is 232 g/mol. The molecule has 0 aromatic heterocycles. The molecule has 3 nitrogen and oxygen atoms in total. The molecule has 1 aliphatic carbocycles. The molecule has 0 radical (unpaired) electrons. The molecule has 0 aliphatic heterocycles. The Hall–Kier alpha value is -1.35. The van der Waals surface area contributed by atoms with Crippen molar-refractivity contribution in [3.05, 3.63) is 35.9 Å². The van der Waals surface area contributed by atoms with E-state index in [2.05, 4.69) is 35.1 Å². The molecule has 0 bridgehead atoms. The maximum absolute atomic E-state index is 11.0. The summed E-state index contributed by atoms with van der Waals surface area (Å²) in [6.45, 7) is 1.54. The van der Waals surface area contributed by atoms with Gasteiger partial charge in [-0.1, -0.05) is 43.2 Å². The second kappa shape index (κ2) is 5.82. The summed E-state index contributed by atoms with van der Waals surface area (Å²) in [6.07, 6.45) is 4.83. The van der Waals surface area contributed by atoms with E-state index in [9.17, 15) is 4.79 Å². The standard InChI is InChI=1S/C14H20N2O/c1-11(17)15-16-14-10-6-5-9-13(14)12-7-3-2-4-8-12/h2-4,7-8,13-14,16H,5-6,9-10H2,1H3,(H,15,17)/t13-,14+/m0/s1. The van der Waals surface area contributed by atoms with Crippen molar-refractivity contribution in [3.8, 4) is 0 Å². The summed E-state index contributed by atoms with van der Waals surface area (Å²) in [7, 11) is 0. The summed E-state index contributed by atoms with van der Waals surface area (Å²) in [5, 5.41) is 0. The van der Waals surface area contributed by atoms with Crippen LogP contribution in [0.15, 0.2) is 30.3 Å². The van der Waals surface area contributed by atoms with Crippen molar-refractivity contribution in [3.63, 3.8) is 0 Å². The van der Waals surface area contributed by atoms with Gasteiger partial charge in [0.2, 0.25) is 5.91 Å². The van der Waals surface area contributed by atoms with Crippen LogP contribution in [-0.2, 0) is 4.79 Å². The summed E-state index contributed by atoms with van der Waals surface area (Å²) in [5.41, 5.74) is 7.27. The van der Waals surface area contributed by atoms with Crippen LogP contribution in [0, 0.1) is 0 Å². The first-order chi connectivity index (χ1) is 8.27. The van der Waals surface area contributed by atoms with Gasteiger partial charge in [-0.2, -0.15) is 0 Å². The second-order valence-corrected chi connectivity index (χ2v) is 4.73. The fourth-order valence-corrected chi connectivity index (χ4v) is 2.60. The van der Waals surface area contributed by atoms with Crippen LogP contribution in [0.4, 0.5) is 0 Å². The normalized spacial score (nSPS) is 24.3. The van der Waals surface area contributed by atoms with Gasteiger partial charge in [-0.15, -0.1) is 0 Å². The maximum atomic E-state index is 11.0. The Labute approximate surface area is 103 Å². The number of hydrogen-bond donors (Lipinski definition) is 2. The number of benzene rings is 1. The molecule has 92 valence electrons. The van der Waals surface area contributed by atoms with Crippen molar-refractivity contribution < 1.29 is 4.79 Å². The Bertz CT molecular complexity index is 364. The molecule has 1 saturated carbocycles. The van der Waals surface area contributed by atoms with Gasteiger partial charge in [-0.3, -0.25) is 10.2 Å². The van der Waals surface area contributed by atoms with Gasteiger partial charge in [0, 0.05) is 18.9 Å². The third-order valence-electron chi connectivity index (χ3n) is 3.43. The van der Waals surface area contributed by atoms with Gasteiger partial charge in [0.05, 0.1) is 0 Å². The first-order valence-electron chi connectivity index (χ1n) is 6.34. The fourth-order valence-electron chi connectivity index (χ4n) is 2.60. The lowest BCUT2D eigenvalue weighted by atomic mass is 9.80. The Morgan fingerprint density at radius 3 is 2.59 bits per heavy atom. The van der Waals surface area contributed by atoms with Crippen molar-refractivity contribution in [2.24, 2.45) is 0 Å². The highest BCUT2D eigenvalue weighted by Crippen LogP contribution is 2.32. The molecule has 1 fully saturated rings. The van der Waals surface area contributed by atoms with Crippen LogP contribution in [0.2, 0.25) is 0 Å². The first-order valence-corrected chi connectivity index (χ1v) is 6.34. The smallest absolute Gasteiger partial charge is 0.230 e. The van der Waals surface area contributed by atoms with E-state index in [1.165, 1.54) is 31.7 Å². The van der Waals surface area contributed by atoms with E-state index in [4.69, 9.17) is 0 Å². The predicted molar refractivity (Wildman–Crippen MR) is 68.4 cm³/mol. The Morgan fingerprint density at radius 2 is 1.88 bits per heavy atom. The van der Waals surface area contributed by atoms with E-state index < -0.39 is 0 Å². The Morgan fingerprint density at radius 1 is 1.18 bits per heavy atom. The first kappa shape index (κ1) is 12.1. The number of rotatable bonds is 3. The summed E-state index contributed by atoms with van der Waals surface area (Å²) < 4.78 is 0. The third-order valence-corrected chi connectivity index (χ3v) is 3.43. The van der Waals surface area contributed by atoms with Crippen molar-refractivity contribution >= 4 is 5.91 Å². The number of amides is 1. The van der Waals surface area contributed by atoms with Gasteiger partial charge in [-0.25, -0.2) is 5.43 Å². The maximum Gasteiger partial charge on any atom is 0.230 e. The van der Waals surface area contributed by atoms with Crippen LogP contribution >= 0.6 is 0 Å². The third kappa shape index (κ3) is 3.30. The quantitative estimate of drug-likeness (QED) is 0.785. The topological polar surface area (TPSA) is 41.1 Å². The lowest BCUT2D eigenvalue weighted by molar-refractivity contribution is -0.120. The van der Waals surface area contributed by atoms with E-state index in [1.807, 2.05) is 6.07 Å². The Balaban J connectivity index is 2.04. The number of carbonyl (C=O) groups is 1. The van der Waals surface area contributed by atoms with Gasteiger partial charge in [-0.05, 0) is 18.4 Å². The van der Waals surface area contributed by atoms with Crippen molar-refractivity contribution in [2.45, 2.75) is 44.6 Å². The van der Waals surface area contributed by atoms with Crippen LogP contribution in [0.5, 0.6) is 0 Å². The van der Waals surface area contributed by atoms with Gasteiger partial charge in [0.15, 0.2) is 0 Å². The summed E-state index contributed by atoms with van der Waals surface area (Å²) in [4.78, 5) is 11.0. The molecule has 17 heavy (non-hydrogen) atoms. The van der Waals surface area contributed by atoms with Crippen molar-refractivity contribution in [1.29, 1.82) is 0 Å². The lowest BCUT2D eigenvalue weighted by Gasteiger charge is -2.32. The van der Waals surface area contributed by atoms with E-state index >= 15 is 0 Å². The van der Waals surface area contributed by atoms with Crippen molar-refractivity contribution in [2.75, 3.05) is 0 Å².